The Bertz CT molecular complexity index is 1460. The summed E-state index contributed by atoms with van der Waals surface area (Å²) in [6.45, 7) is 1.82. The first-order valence-corrected chi connectivity index (χ1v) is 14.0. The van der Waals surface area contributed by atoms with Crippen LogP contribution >= 0.6 is 0 Å². The molecule has 0 amide bonds. The summed E-state index contributed by atoms with van der Waals surface area (Å²) in [6, 6.07) is 11.1. The van der Waals surface area contributed by atoms with Gasteiger partial charge < -0.3 is 19.1 Å². The van der Waals surface area contributed by atoms with Crippen LogP contribution in [0.15, 0.2) is 36.4 Å². The fourth-order valence-corrected chi connectivity index (χ4v) is 5.60. The second kappa shape index (κ2) is 10.7. The number of piperidine rings is 1. The first kappa shape index (κ1) is 26.1. The first-order valence-electron chi connectivity index (χ1n) is 12.5. The minimum Gasteiger partial charge on any atom is -0.493 e. The number of aromatic nitrogens is 2. The molecule has 202 valence electrons. The maximum Gasteiger partial charge on any atom is 0.339 e. The van der Waals surface area contributed by atoms with Crippen molar-refractivity contribution in [3.8, 4) is 11.5 Å². The van der Waals surface area contributed by atoms with Crippen molar-refractivity contribution in [2.24, 2.45) is 11.1 Å². The lowest BCUT2D eigenvalue weighted by Crippen LogP contribution is -2.37. The van der Waals surface area contributed by atoms with Crippen LogP contribution in [0.2, 0.25) is 0 Å². The highest BCUT2D eigenvalue weighted by molar-refractivity contribution is 7.87. The van der Waals surface area contributed by atoms with Crippen LogP contribution in [0.25, 0.3) is 10.9 Å². The van der Waals surface area contributed by atoms with Crippen LogP contribution in [0.5, 0.6) is 11.5 Å². The molecule has 11 nitrogen and oxygen atoms in total. The molecule has 1 aromatic heterocycles. The molecule has 2 aromatic carbocycles. The van der Waals surface area contributed by atoms with Gasteiger partial charge in [0.25, 0.3) is 10.2 Å². The number of fused-ring (bicyclic) bond motifs is 2. The molecular weight excluding hydrogens is 510 g/mol. The number of hydrogen-bond donors (Lipinski definition) is 2. The number of nitrogens with two attached hydrogens (primary N) is 1. The average Bonchev–Trinajstić information content (AvgIpc) is 3.22. The smallest absolute Gasteiger partial charge is 0.339 e. The highest BCUT2D eigenvalue weighted by atomic mass is 32.2. The summed E-state index contributed by atoms with van der Waals surface area (Å²) in [5.41, 5.74) is 2.12. The van der Waals surface area contributed by atoms with E-state index in [1.807, 2.05) is 30.3 Å². The number of esters is 1. The van der Waals surface area contributed by atoms with Crippen molar-refractivity contribution < 1.29 is 27.4 Å². The van der Waals surface area contributed by atoms with Gasteiger partial charge in [0.2, 0.25) is 0 Å². The lowest BCUT2D eigenvalue weighted by atomic mass is 9.93. The molecule has 0 radical (unpaired) electrons. The Labute approximate surface area is 221 Å². The number of benzene rings is 2. The number of nitrogens with zero attached hydrogens (tertiary/aromatic N) is 3. The molecule has 1 fully saturated rings. The molecule has 3 N–H and O–H groups in total. The molecule has 0 aliphatic carbocycles. The van der Waals surface area contributed by atoms with E-state index >= 15 is 0 Å². The first-order chi connectivity index (χ1) is 18.3. The third-order valence-corrected chi connectivity index (χ3v) is 7.75. The quantitative estimate of drug-likeness (QED) is 0.390. The van der Waals surface area contributed by atoms with E-state index in [2.05, 4.69) is 9.62 Å². The molecule has 1 saturated heterocycles. The van der Waals surface area contributed by atoms with Crippen LogP contribution in [0, 0.1) is 5.92 Å². The Balaban J connectivity index is 1.43. The molecule has 3 aromatic rings. The van der Waals surface area contributed by atoms with Crippen molar-refractivity contribution in [2.45, 2.75) is 31.8 Å². The third-order valence-electron chi connectivity index (χ3n) is 7.14. The standard InChI is InChI=1S/C26H31N5O6S/c1-35-22-13-19-20(14-23(22)36-2)29-24(15-21-17-5-3-4-6-18(17)26(32)37-21)30-25(19)31-11-8-16(9-12-31)7-10-28-38(27,33)34/h3-6,13-14,16,21,28H,7-12,15H2,1-2H3,(H2,27,33,34). The topological polar surface area (TPSA) is 146 Å². The maximum absolute atomic E-state index is 12.4. The van der Waals surface area contributed by atoms with E-state index in [1.165, 1.54) is 0 Å². The number of rotatable bonds is 9. The molecule has 38 heavy (non-hydrogen) atoms. The molecule has 1 unspecified atom stereocenters. The molecule has 0 saturated carbocycles. The zero-order valence-electron chi connectivity index (χ0n) is 21.3. The summed E-state index contributed by atoms with van der Waals surface area (Å²) in [7, 11) is -0.514. The molecule has 0 bridgehead atoms. The molecule has 12 heteroatoms. The molecule has 2 aliphatic rings. The van der Waals surface area contributed by atoms with Gasteiger partial charge in [-0.25, -0.2) is 24.6 Å². The summed E-state index contributed by atoms with van der Waals surface area (Å²) in [5.74, 6) is 2.53. The number of anilines is 1. The molecule has 0 spiro atoms. The Morgan fingerprint density at radius 2 is 1.82 bits per heavy atom. The van der Waals surface area contributed by atoms with E-state index in [1.54, 1.807) is 20.3 Å². The van der Waals surface area contributed by atoms with E-state index in [-0.39, 0.29) is 5.97 Å². The number of carbonyl (C=O) groups excluding carboxylic acids is 1. The largest absolute Gasteiger partial charge is 0.493 e. The van der Waals surface area contributed by atoms with E-state index in [4.69, 9.17) is 29.3 Å². The predicted octanol–water partition coefficient (Wildman–Crippen LogP) is 2.50. The van der Waals surface area contributed by atoms with Crippen LogP contribution in [0.1, 0.15) is 47.1 Å². The molecule has 3 heterocycles. The lowest BCUT2D eigenvalue weighted by Gasteiger charge is -2.33. The number of hydrogen-bond acceptors (Lipinski definition) is 9. The zero-order valence-corrected chi connectivity index (χ0v) is 22.2. The van der Waals surface area contributed by atoms with Crippen LogP contribution in [0.3, 0.4) is 0 Å². The molecule has 1 atom stereocenters. The molecular formula is C26H31N5O6S. The SMILES string of the molecule is COc1cc2nc(CC3OC(=O)c4ccccc43)nc(N3CCC(CCNS(N)(=O)=O)CC3)c2cc1OC. The van der Waals surface area contributed by atoms with Gasteiger partial charge in [-0.1, -0.05) is 18.2 Å². The highest BCUT2D eigenvalue weighted by Crippen LogP contribution is 2.38. The summed E-state index contributed by atoms with van der Waals surface area (Å²) >= 11 is 0. The van der Waals surface area contributed by atoms with Crippen molar-refractivity contribution in [1.29, 1.82) is 0 Å². The van der Waals surface area contributed by atoms with Gasteiger partial charge in [-0.15, -0.1) is 0 Å². The van der Waals surface area contributed by atoms with Gasteiger partial charge in [0.1, 0.15) is 17.7 Å². The van der Waals surface area contributed by atoms with Gasteiger partial charge in [0.15, 0.2) is 11.5 Å². The van der Waals surface area contributed by atoms with Gasteiger partial charge in [-0.05, 0) is 37.3 Å². The van der Waals surface area contributed by atoms with E-state index in [9.17, 15) is 13.2 Å². The minimum atomic E-state index is -3.68. The zero-order chi connectivity index (χ0) is 26.9. The van der Waals surface area contributed by atoms with Gasteiger partial charge in [0, 0.05) is 43.1 Å². The fraction of sp³-hybridized carbons (Fsp3) is 0.423. The van der Waals surface area contributed by atoms with Crippen LogP contribution in [0.4, 0.5) is 5.82 Å². The number of carbonyl (C=O) groups is 1. The second-order valence-electron chi connectivity index (χ2n) is 9.53. The van der Waals surface area contributed by atoms with Gasteiger partial charge >= 0.3 is 5.97 Å². The predicted molar refractivity (Wildman–Crippen MR) is 142 cm³/mol. The van der Waals surface area contributed by atoms with E-state index in [0.29, 0.717) is 47.3 Å². The van der Waals surface area contributed by atoms with Crippen molar-refractivity contribution in [3.05, 3.63) is 53.3 Å². The van der Waals surface area contributed by atoms with Crippen molar-refractivity contribution in [2.75, 3.05) is 38.8 Å². The van der Waals surface area contributed by atoms with E-state index in [0.717, 1.165) is 49.1 Å². The fourth-order valence-electron chi connectivity index (χ4n) is 5.19. The average molecular weight is 542 g/mol. The van der Waals surface area contributed by atoms with Crippen LogP contribution in [-0.2, 0) is 21.4 Å². The molecule has 2 aliphatic heterocycles. The van der Waals surface area contributed by atoms with Crippen molar-refractivity contribution in [3.63, 3.8) is 0 Å². The van der Waals surface area contributed by atoms with Crippen molar-refractivity contribution >= 4 is 32.9 Å². The monoisotopic (exact) mass is 541 g/mol. The Morgan fingerprint density at radius 3 is 2.53 bits per heavy atom. The Hall–Kier alpha value is -3.48. The molecule has 5 rings (SSSR count). The number of ether oxygens (including phenoxy) is 3. The van der Waals surface area contributed by atoms with Crippen LogP contribution in [-0.4, -0.2) is 58.2 Å². The summed E-state index contributed by atoms with van der Waals surface area (Å²) in [4.78, 5) is 24.3. The Morgan fingerprint density at radius 1 is 1.11 bits per heavy atom. The lowest BCUT2D eigenvalue weighted by molar-refractivity contribution is 0.0383. The summed E-state index contributed by atoms with van der Waals surface area (Å²) < 4.78 is 41.4. The summed E-state index contributed by atoms with van der Waals surface area (Å²) in [6.07, 6.45) is 2.37. The number of cyclic esters (lactones) is 1. The number of methoxy groups -OCH3 is 2. The van der Waals surface area contributed by atoms with Gasteiger partial charge in [0.05, 0.1) is 25.3 Å². The number of nitrogens with one attached hydrogen (secondary N) is 1. The Kier molecular flexibility index (Phi) is 7.37. The van der Waals surface area contributed by atoms with Crippen LogP contribution < -0.4 is 24.2 Å². The summed E-state index contributed by atoms with van der Waals surface area (Å²) in [5, 5.41) is 5.88. The highest BCUT2D eigenvalue weighted by Gasteiger charge is 2.32. The minimum absolute atomic E-state index is 0.322. The van der Waals surface area contributed by atoms with Gasteiger partial charge in [-0.3, -0.25) is 0 Å². The third kappa shape index (κ3) is 5.52. The van der Waals surface area contributed by atoms with Crippen molar-refractivity contribution in [1.82, 2.24) is 14.7 Å². The maximum atomic E-state index is 12.4. The normalized spacial score (nSPS) is 17.9. The second-order valence-corrected chi connectivity index (χ2v) is 10.9. The van der Waals surface area contributed by atoms with E-state index < -0.39 is 16.3 Å². The van der Waals surface area contributed by atoms with Gasteiger partial charge in [-0.2, -0.15) is 8.42 Å².